The lowest BCUT2D eigenvalue weighted by Gasteiger charge is -2.27. The van der Waals surface area contributed by atoms with E-state index in [4.69, 9.17) is 19.5 Å². The first-order valence-corrected chi connectivity index (χ1v) is 14.1. The average molecular weight is 500 g/mol. The summed E-state index contributed by atoms with van der Waals surface area (Å²) in [5, 5.41) is 0. The molecule has 0 saturated carbocycles. The highest BCUT2D eigenvalue weighted by Gasteiger charge is 2.33. The van der Waals surface area contributed by atoms with Crippen LogP contribution in [0.2, 0.25) is 0 Å². The van der Waals surface area contributed by atoms with Gasteiger partial charge < -0.3 is 19.6 Å². The summed E-state index contributed by atoms with van der Waals surface area (Å²) in [6.07, 6.45) is 2.74. The molecular formula is C19H23FN5O4PS2. The van der Waals surface area contributed by atoms with Crippen LogP contribution in [0.3, 0.4) is 0 Å². The Labute approximate surface area is 192 Å². The van der Waals surface area contributed by atoms with Gasteiger partial charge in [0.05, 0.1) is 25.1 Å². The van der Waals surface area contributed by atoms with Gasteiger partial charge in [-0.3, -0.25) is 4.52 Å². The third-order valence-corrected chi connectivity index (χ3v) is 8.69. The molecule has 3 atom stereocenters. The van der Waals surface area contributed by atoms with Crippen molar-refractivity contribution in [1.82, 2.24) is 19.5 Å². The fourth-order valence-corrected chi connectivity index (χ4v) is 7.21. The molecule has 3 aromatic rings. The van der Waals surface area contributed by atoms with Gasteiger partial charge in [0.1, 0.15) is 11.8 Å². The van der Waals surface area contributed by atoms with E-state index in [2.05, 4.69) is 15.0 Å². The Kier molecular flexibility index (Phi) is 7.57. The van der Waals surface area contributed by atoms with Crippen molar-refractivity contribution < 1.29 is 22.7 Å². The Bertz CT molecular complexity index is 1110. The summed E-state index contributed by atoms with van der Waals surface area (Å²) in [7, 11) is -0.401. The van der Waals surface area contributed by atoms with Crippen molar-refractivity contribution in [3.8, 4) is 5.75 Å². The lowest BCUT2D eigenvalue weighted by molar-refractivity contribution is 0.0675. The van der Waals surface area contributed by atoms with Crippen molar-refractivity contribution in [2.75, 3.05) is 23.6 Å². The summed E-state index contributed by atoms with van der Waals surface area (Å²) in [6.45, 7) is 2.19. The van der Waals surface area contributed by atoms with E-state index < -0.39 is 13.4 Å². The molecule has 9 nitrogen and oxygen atoms in total. The van der Waals surface area contributed by atoms with Crippen LogP contribution >= 0.6 is 29.2 Å². The van der Waals surface area contributed by atoms with Crippen LogP contribution < -0.4 is 10.3 Å². The number of hydrogen-bond acceptors (Lipinski definition) is 10. The number of nitrogens with zero attached hydrogens (tertiary/aromatic N) is 4. The Morgan fingerprint density at radius 3 is 2.94 bits per heavy atom. The van der Waals surface area contributed by atoms with E-state index in [9.17, 15) is 8.96 Å². The second kappa shape index (κ2) is 10.4. The molecule has 0 spiro atoms. The molecule has 3 unspecified atom stereocenters. The predicted molar refractivity (Wildman–Crippen MR) is 124 cm³/mol. The van der Waals surface area contributed by atoms with Crippen LogP contribution in [0.5, 0.6) is 5.75 Å². The van der Waals surface area contributed by atoms with Crippen LogP contribution in [0.25, 0.3) is 11.2 Å². The van der Waals surface area contributed by atoms with E-state index in [0.29, 0.717) is 29.3 Å². The van der Waals surface area contributed by atoms with Crippen molar-refractivity contribution in [2.24, 2.45) is 0 Å². The van der Waals surface area contributed by atoms with Crippen molar-refractivity contribution >= 4 is 46.2 Å². The van der Waals surface area contributed by atoms with Crippen molar-refractivity contribution in [1.29, 1.82) is 0 Å². The Morgan fingerprint density at radius 2 is 2.16 bits per heavy atom. The molecule has 0 amide bonds. The number of para-hydroxylation sites is 1. The second-order valence-corrected chi connectivity index (χ2v) is 11.7. The molecule has 0 aliphatic carbocycles. The number of fused-ring (bicyclic) bond motifs is 1. The first-order chi connectivity index (χ1) is 15.4. The number of anilines is 1. The molecule has 1 aromatic carbocycles. The zero-order chi connectivity index (χ0) is 22.6. The summed E-state index contributed by atoms with van der Waals surface area (Å²) in [6, 6.07) is 5.81. The third-order valence-electron chi connectivity index (χ3n) is 4.64. The topological polar surface area (TPSA) is 114 Å². The van der Waals surface area contributed by atoms with Crippen molar-refractivity contribution in [2.45, 2.75) is 32.1 Å². The molecule has 1 fully saturated rings. The molecule has 0 bridgehead atoms. The van der Waals surface area contributed by atoms with Crippen LogP contribution in [0.1, 0.15) is 13.3 Å². The number of rotatable bonds is 9. The summed E-state index contributed by atoms with van der Waals surface area (Å²) >= 11 is 0. The van der Waals surface area contributed by atoms with Gasteiger partial charge in [-0.25, -0.2) is 23.9 Å². The molecule has 1 aliphatic rings. The van der Waals surface area contributed by atoms with E-state index in [-0.39, 0.29) is 24.3 Å². The fourth-order valence-electron chi connectivity index (χ4n) is 3.08. The molecule has 13 heteroatoms. The van der Waals surface area contributed by atoms with Gasteiger partial charge in [-0.2, -0.15) is 0 Å². The Morgan fingerprint density at radius 1 is 1.31 bits per heavy atom. The minimum Gasteiger partial charge on any atom is -0.420 e. The summed E-state index contributed by atoms with van der Waals surface area (Å²) in [5.41, 5.74) is 6.91. The zero-order valence-electron chi connectivity index (χ0n) is 17.3. The Balaban J connectivity index is 1.45. The molecular weight excluding hydrogens is 476 g/mol. The second-order valence-electron chi connectivity index (χ2n) is 7.19. The molecule has 0 radical (unpaired) electrons. The maximum absolute atomic E-state index is 14.1. The van der Waals surface area contributed by atoms with Crippen LogP contribution in [0.4, 0.5) is 10.2 Å². The molecule has 4 rings (SSSR count). The third kappa shape index (κ3) is 5.74. The van der Waals surface area contributed by atoms with Gasteiger partial charge in [0.25, 0.3) is 0 Å². The number of imidazole rings is 1. The smallest absolute Gasteiger partial charge is 0.405 e. The SMILES string of the molecule is CC(Cn1cnc2c(N)ncnc21)OCP(=O)(Oc1ccccc1F)OC1CCSSC1. The minimum atomic E-state index is -3.79. The minimum absolute atomic E-state index is 0.127. The molecule has 3 heterocycles. The van der Waals surface area contributed by atoms with Crippen LogP contribution in [0.15, 0.2) is 36.9 Å². The van der Waals surface area contributed by atoms with Crippen LogP contribution in [-0.2, 0) is 20.4 Å². The quantitative estimate of drug-likeness (QED) is 0.336. The number of hydrogen-bond donors (Lipinski definition) is 1. The predicted octanol–water partition coefficient (Wildman–Crippen LogP) is 4.35. The van der Waals surface area contributed by atoms with Gasteiger partial charge in [-0.1, -0.05) is 33.7 Å². The molecule has 1 aliphatic heterocycles. The average Bonchev–Trinajstić information content (AvgIpc) is 3.19. The van der Waals surface area contributed by atoms with Gasteiger partial charge in [-0.15, -0.1) is 0 Å². The lowest BCUT2D eigenvalue weighted by Crippen LogP contribution is -2.23. The normalized spacial score (nSPS) is 19.5. The van der Waals surface area contributed by atoms with E-state index in [1.165, 1.54) is 24.5 Å². The molecule has 32 heavy (non-hydrogen) atoms. The maximum atomic E-state index is 14.1. The zero-order valence-corrected chi connectivity index (χ0v) is 19.8. The number of nitrogens with two attached hydrogens (primary N) is 1. The van der Waals surface area contributed by atoms with Crippen LogP contribution in [0, 0.1) is 5.82 Å². The monoisotopic (exact) mass is 499 g/mol. The number of aromatic nitrogens is 4. The fraction of sp³-hybridized carbons (Fsp3) is 0.421. The largest absolute Gasteiger partial charge is 0.420 e. The van der Waals surface area contributed by atoms with Gasteiger partial charge in [0.15, 0.2) is 29.4 Å². The summed E-state index contributed by atoms with van der Waals surface area (Å²) in [5.74, 6) is 1.11. The van der Waals surface area contributed by atoms with Gasteiger partial charge in [0.2, 0.25) is 0 Å². The number of nitrogen functional groups attached to an aromatic ring is 1. The molecule has 1 saturated heterocycles. The lowest BCUT2D eigenvalue weighted by atomic mass is 10.3. The van der Waals surface area contributed by atoms with Crippen molar-refractivity contribution in [3.63, 3.8) is 0 Å². The summed E-state index contributed by atoms with van der Waals surface area (Å²) in [4.78, 5) is 12.4. The van der Waals surface area contributed by atoms with Crippen molar-refractivity contribution in [3.05, 3.63) is 42.7 Å². The van der Waals surface area contributed by atoms with E-state index in [1.807, 2.05) is 6.92 Å². The molecule has 2 N–H and O–H groups in total. The van der Waals surface area contributed by atoms with Crippen LogP contribution in [-0.4, -0.2) is 49.6 Å². The molecule has 2 aromatic heterocycles. The van der Waals surface area contributed by atoms with Gasteiger partial charge in [0, 0.05) is 11.5 Å². The highest BCUT2D eigenvalue weighted by molar-refractivity contribution is 8.76. The molecule has 172 valence electrons. The highest BCUT2D eigenvalue weighted by Crippen LogP contribution is 2.52. The van der Waals surface area contributed by atoms with Gasteiger partial charge in [-0.05, 0) is 25.5 Å². The van der Waals surface area contributed by atoms with E-state index in [1.54, 1.807) is 38.5 Å². The summed E-state index contributed by atoms with van der Waals surface area (Å²) < 4.78 is 46.8. The first kappa shape index (κ1) is 23.3. The Hall–Kier alpha value is -1.85. The van der Waals surface area contributed by atoms with Gasteiger partial charge >= 0.3 is 7.60 Å². The number of benzene rings is 1. The number of halogens is 1. The number of ether oxygens (including phenoxy) is 1. The maximum Gasteiger partial charge on any atom is 0.405 e. The van der Waals surface area contributed by atoms with E-state index in [0.717, 1.165) is 12.2 Å². The first-order valence-electron chi connectivity index (χ1n) is 9.92. The van der Waals surface area contributed by atoms with E-state index >= 15 is 0 Å². The highest BCUT2D eigenvalue weighted by atomic mass is 33.1. The standard InChI is InChI=1S/C19H23FN5O4PS2/c1-13(8-25-11-24-17-18(21)22-10-23-19(17)25)27-12-30(26,28-14-6-7-31-32-9-14)29-16-5-3-2-4-15(16)20/h2-5,10-11,13-14H,6-9,12H2,1H3,(H2,21,22,23).